The van der Waals surface area contributed by atoms with Gasteiger partial charge in [-0.1, -0.05) is 52.0 Å². The standard InChI is InChI=1S/C40H50N2O10S2.2O3S/c1-7-15-32(43)27-25-29(33(44)16-8-2)37-31(26-27)42(22-14-24-54(50,51)52)35(40(37,5)6)20-11-9-10-19-34-39(3,4)36-28(38(45)46)17-12-18-30(36)41(34)21-13-23-53(47,48)49;2*1-4(2)3/h9-12,17-20,25-26H,7-8,13-16,21-24H2,1-6H3,(H2-,45,46,47,48,49,50,51,52);;/p-1. The molecule has 0 spiro atoms. The topological polar surface area (TPSA) is 295 Å². The number of carboxylic acid groups (broad SMARTS) is 1. The lowest BCUT2D eigenvalue weighted by Gasteiger charge is -2.27. The second-order valence-electron chi connectivity index (χ2n) is 15.1. The van der Waals surface area contributed by atoms with Gasteiger partial charge in [-0.2, -0.15) is 4.58 Å². The molecule has 0 aromatic heterocycles. The van der Waals surface area contributed by atoms with Gasteiger partial charge >= 0.3 is 27.2 Å². The molecule has 0 saturated heterocycles. The molecule has 2 aliphatic heterocycles. The van der Waals surface area contributed by atoms with E-state index in [-0.39, 0.29) is 49.5 Å². The van der Waals surface area contributed by atoms with E-state index in [4.69, 9.17) is 25.3 Å². The summed E-state index contributed by atoms with van der Waals surface area (Å²) in [5, 5.41) is 9.98. The maximum Gasteiger partial charge on any atom is 0.425 e. The second kappa shape index (κ2) is 22.4. The van der Waals surface area contributed by atoms with E-state index in [0.29, 0.717) is 53.0 Å². The fourth-order valence-electron chi connectivity index (χ4n) is 7.64. The van der Waals surface area contributed by atoms with E-state index in [1.807, 2.05) is 63.2 Å². The quantitative estimate of drug-likeness (QED) is 0.0938. The molecule has 340 valence electrons. The molecule has 18 nitrogen and oxygen atoms in total. The van der Waals surface area contributed by atoms with Crippen molar-refractivity contribution in [2.45, 2.75) is 90.9 Å². The first-order chi connectivity index (χ1) is 28.6. The number of fused-ring (bicyclic) bond motifs is 2. The van der Waals surface area contributed by atoms with Crippen LogP contribution < -0.4 is 4.90 Å². The first-order valence-electron chi connectivity index (χ1n) is 19.1. The van der Waals surface area contributed by atoms with E-state index < -0.39 is 69.8 Å². The van der Waals surface area contributed by atoms with Crippen molar-refractivity contribution in [1.29, 1.82) is 0 Å². The highest BCUT2D eigenvalue weighted by atomic mass is 32.2. The molecular formula is C40H49N2O16S4-. The second-order valence-corrected chi connectivity index (χ2v) is 19.0. The molecule has 2 aromatic carbocycles. The Morgan fingerprint density at radius 3 is 1.84 bits per heavy atom. The van der Waals surface area contributed by atoms with Crippen LogP contribution in [0.15, 0.2) is 66.4 Å². The largest absolute Gasteiger partial charge is 0.748 e. The molecule has 0 amide bonds. The highest BCUT2D eigenvalue weighted by Crippen LogP contribution is 2.50. The first kappa shape index (κ1) is 53.1. The normalized spacial score (nSPS) is 15.7. The molecule has 4 rings (SSSR count). The zero-order chi connectivity index (χ0) is 47.4. The van der Waals surface area contributed by atoms with Gasteiger partial charge in [0.25, 0.3) is 0 Å². The number of rotatable bonds is 18. The Hall–Kier alpha value is -5.00. The van der Waals surface area contributed by atoms with Crippen molar-refractivity contribution in [3.63, 3.8) is 0 Å². The third kappa shape index (κ3) is 14.5. The van der Waals surface area contributed by atoms with Gasteiger partial charge < -0.3 is 19.1 Å². The molecule has 1 N–H and O–H groups in total. The number of benzene rings is 2. The predicted molar refractivity (Wildman–Crippen MR) is 226 cm³/mol. The van der Waals surface area contributed by atoms with Crippen molar-refractivity contribution in [3.8, 4) is 0 Å². The van der Waals surface area contributed by atoms with Crippen molar-refractivity contribution in [2.75, 3.05) is 29.5 Å². The van der Waals surface area contributed by atoms with Crippen LogP contribution in [-0.4, -0.2) is 109 Å². The number of ketones is 2. The lowest BCUT2D eigenvalue weighted by atomic mass is 9.78. The van der Waals surface area contributed by atoms with Crippen molar-refractivity contribution >= 4 is 76.1 Å². The van der Waals surface area contributed by atoms with E-state index in [1.54, 1.807) is 42.5 Å². The Morgan fingerprint density at radius 1 is 0.758 bits per heavy atom. The minimum Gasteiger partial charge on any atom is -0.748 e. The van der Waals surface area contributed by atoms with Crippen molar-refractivity contribution < 1.29 is 75.3 Å². The Morgan fingerprint density at radius 2 is 1.31 bits per heavy atom. The molecular weight excluding hydrogens is 893 g/mol. The van der Waals surface area contributed by atoms with E-state index in [1.165, 1.54) is 6.07 Å². The van der Waals surface area contributed by atoms with E-state index in [2.05, 4.69) is 0 Å². The fraction of sp³-hybridized carbons (Fsp3) is 0.450. The van der Waals surface area contributed by atoms with E-state index in [9.17, 15) is 45.4 Å². The van der Waals surface area contributed by atoms with Gasteiger partial charge in [0.15, 0.2) is 17.3 Å². The Bertz CT molecular complexity index is 2600. The van der Waals surface area contributed by atoms with Crippen LogP contribution in [-0.2, 0) is 52.3 Å². The third-order valence-corrected chi connectivity index (χ3v) is 11.5. The van der Waals surface area contributed by atoms with Gasteiger partial charge in [-0.15, -0.1) is 25.3 Å². The highest BCUT2D eigenvalue weighted by molar-refractivity contribution is 7.85. The van der Waals surface area contributed by atoms with Gasteiger partial charge in [-0.05, 0) is 62.9 Å². The third-order valence-electron chi connectivity index (χ3n) is 9.94. The summed E-state index contributed by atoms with van der Waals surface area (Å²) >= 11 is 0. The molecule has 0 saturated carbocycles. The molecule has 2 aliphatic rings. The van der Waals surface area contributed by atoms with Crippen LogP contribution in [0, 0.1) is 0 Å². The average Bonchev–Trinajstić information content (AvgIpc) is 3.48. The highest BCUT2D eigenvalue weighted by Gasteiger charge is 2.47. The number of nitrogens with zero attached hydrogens (tertiary/aromatic N) is 2. The van der Waals surface area contributed by atoms with Crippen molar-refractivity contribution in [1.82, 2.24) is 0 Å². The number of aromatic carboxylic acids is 1. The minimum atomic E-state index is -4.50. The summed E-state index contributed by atoms with van der Waals surface area (Å²) < 4.78 is 121. The summed E-state index contributed by atoms with van der Waals surface area (Å²) in [7, 11) is -15.2. The maximum absolute atomic E-state index is 13.6. The Labute approximate surface area is 364 Å². The van der Waals surface area contributed by atoms with Crippen LogP contribution >= 0.6 is 0 Å². The molecule has 2 heterocycles. The summed E-state index contributed by atoms with van der Waals surface area (Å²) in [5.41, 5.74) is 3.34. The summed E-state index contributed by atoms with van der Waals surface area (Å²) in [6.07, 6.45) is 10.8. The SMILES string of the molecule is CCCC(=O)c1cc(C(=O)CCC)c2c(c1)N(CCCS(=O)(=O)[O-])C(=CC=CC=CC1=[N+](CCCS(=O)(=O)[O-])c3cccc(C(=O)O)c3C1(C)C)C2(C)C.O=S(=O)=O.O=S(=O)=O. The van der Waals surface area contributed by atoms with Gasteiger partial charge in [-0.3, -0.25) is 9.59 Å². The molecule has 62 heavy (non-hydrogen) atoms. The molecule has 0 fully saturated rings. The van der Waals surface area contributed by atoms with Crippen LogP contribution in [0.5, 0.6) is 0 Å². The molecule has 0 unspecified atom stereocenters. The molecule has 0 bridgehead atoms. The summed E-state index contributed by atoms with van der Waals surface area (Å²) in [6.45, 7) is 11.8. The molecule has 0 atom stereocenters. The van der Waals surface area contributed by atoms with Crippen LogP contribution in [0.2, 0.25) is 0 Å². The maximum atomic E-state index is 13.6. The lowest BCUT2D eigenvalue weighted by molar-refractivity contribution is -0.437. The monoisotopic (exact) mass is 941 g/mol. The smallest absolute Gasteiger partial charge is 0.425 e. The van der Waals surface area contributed by atoms with Gasteiger partial charge in [0, 0.05) is 77.4 Å². The number of carboxylic acids is 1. The Balaban J connectivity index is 0.00000152. The van der Waals surface area contributed by atoms with Crippen LogP contribution in [0.25, 0.3) is 0 Å². The van der Waals surface area contributed by atoms with Gasteiger partial charge in [0.1, 0.15) is 6.54 Å². The Kier molecular flexibility index (Phi) is 19.2. The summed E-state index contributed by atoms with van der Waals surface area (Å²) in [6, 6.07) is 8.33. The summed E-state index contributed by atoms with van der Waals surface area (Å²) in [5.74, 6) is -2.47. The van der Waals surface area contributed by atoms with E-state index in [0.717, 1.165) is 11.3 Å². The van der Waals surface area contributed by atoms with E-state index >= 15 is 0 Å². The van der Waals surface area contributed by atoms with Crippen LogP contribution in [0.3, 0.4) is 0 Å². The predicted octanol–water partition coefficient (Wildman–Crippen LogP) is 4.38. The number of allylic oxidation sites excluding steroid dienone is 6. The van der Waals surface area contributed by atoms with Gasteiger partial charge in [0.2, 0.25) is 5.69 Å². The van der Waals surface area contributed by atoms with Crippen molar-refractivity contribution in [3.05, 3.63) is 94.2 Å². The molecule has 0 radical (unpaired) electrons. The minimum absolute atomic E-state index is 0.0173. The molecule has 22 heteroatoms. The van der Waals surface area contributed by atoms with Crippen LogP contribution in [0.1, 0.15) is 122 Å². The average molecular weight is 942 g/mol. The fourth-order valence-corrected chi connectivity index (χ4v) is 8.60. The number of carbonyl (C=O) groups is 3. The molecule has 0 aliphatic carbocycles. The zero-order valence-electron chi connectivity index (χ0n) is 34.9. The zero-order valence-corrected chi connectivity index (χ0v) is 38.2. The van der Waals surface area contributed by atoms with Gasteiger partial charge in [-0.25, -0.2) is 21.6 Å². The number of Topliss-reactive ketones (excluding diaryl/α,β-unsaturated/α-hetero) is 2. The number of carbonyl (C=O) groups excluding carboxylic acids is 2. The van der Waals surface area contributed by atoms with Crippen LogP contribution in [0.4, 0.5) is 11.4 Å². The van der Waals surface area contributed by atoms with Gasteiger partial charge in [0.05, 0.1) is 36.8 Å². The lowest BCUT2D eigenvalue weighted by Crippen LogP contribution is -2.29. The number of hydrogen-bond acceptors (Lipinski definition) is 16. The number of anilines is 1. The molecule has 2 aromatic rings. The first-order valence-corrected chi connectivity index (χ1v) is 24.3. The summed E-state index contributed by atoms with van der Waals surface area (Å²) in [4.78, 5) is 40.8. The number of hydrogen-bond donors (Lipinski definition) is 1. The van der Waals surface area contributed by atoms with Crippen molar-refractivity contribution in [2.24, 2.45) is 0 Å².